The number of methoxy groups -OCH3 is 1. The van der Waals surface area contributed by atoms with E-state index in [2.05, 4.69) is 24.4 Å². The fourth-order valence-electron chi connectivity index (χ4n) is 2.54. The van der Waals surface area contributed by atoms with Crippen LogP contribution in [-0.2, 0) is 0 Å². The van der Waals surface area contributed by atoms with Gasteiger partial charge in [-0.3, -0.25) is 0 Å². The zero-order chi connectivity index (χ0) is 13.0. The highest BCUT2D eigenvalue weighted by Gasteiger charge is 2.31. The van der Waals surface area contributed by atoms with Crippen LogP contribution in [0.5, 0.6) is 5.75 Å². The Hall–Kier alpha value is -1.06. The van der Waals surface area contributed by atoms with E-state index in [9.17, 15) is 0 Å². The van der Waals surface area contributed by atoms with Crippen molar-refractivity contribution in [3.05, 3.63) is 29.8 Å². The van der Waals surface area contributed by atoms with Crippen LogP contribution in [0.3, 0.4) is 0 Å². The molecule has 0 unspecified atom stereocenters. The summed E-state index contributed by atoms with van der Waals surface area (Å²) in [7, 11) is 1.69. The zero-order valence-electron chi connectivity index (χ0n) is 11.2. The molecule has 1 aromatic carbocycles. The van der Waals surface area contributed by atoms with Crippen LogP contribution < -0.4 is 10.1 Å². The van der Waals surface area contributed by atoms with E-state index >= 15 is 0 Å². The van der Waals surface area contributed by atoms with E-state index in [0.29, 0.717) is 12.0 Å². The van der Waals surface area contributed by atoms with Crippen LogP contribution in [0, 0.1) is 0 Å². The van der Waals surface area contributed by atoms with E-state index in [1.807, 2.05) is 12.1 Å². The highest BCUT2D eigenvalue weighted by Crippen LogP contribution is 2.37. The minimum atomic E-state index is 0.236. The van der Waals surface area contributed by atoms with E-state index in [0.717, 1.165) is 12.2 Å². The highest BCUT2D eigenvalue weighted by molar-refractivity contribution is 5.30. The summed E-state index contributed by atoms with van der Waals surface area (Å²) in [5.41, 5.74) is 1.39. The first-order chi connectivity index (χ1) is 8.76. The van der Waals surface area contributed by atoms with E-state index in [4.69, 9.17) is 9.84 Å². The molecule has 0 spiro atoms. The Bertz CT molecular complexity index is 353. The first-order valence-electron chi connectivity index (χ1n) is 6.77. The standard InChI is InChI=1S/C15H23NO2/c1-3-13(10-17)16-14-8-12(9-14)11-4-6-15(18-2)7-5-11/h4-7,12-14,16-17H,3,8-10H2,1-2H3/t12?,13-,14?/m1/s1. The maximum Gasteiger partial charge on any atom is 0.118 e. The molecule has 100 valence electrons. The van der Waals surface area contributed by atoms with Gasteiger partial charge in [-0.1, -0.05) is 19.1 Å². The molecule has 0 amide bonds. The lowest BCUT2D eigenvalue weighted by atomic mass is 9.75. The van der Waals surface area contributed by atoms with Crippen LogP contribution in [0.2, 0.25) is 0 Å². The van der Waals surface area contributed by atoms with Crippen molar-refractivity contribution in [2.45, 2.75) is 44.2 Å². The summed E-state index contributed by atoms with van der Waals surface area (Å²) >= 11 is 0. The van der Waals surface area contributed by atoms with Crippen LogP contribution in [0.1, 0.15) is 37.7 Å². The van der Waals surface area contributed by atoms with Gasteiger partial charge in [-0.15, -0.1) is 0 Å². The maximum atomic E-state index is 9.16. The molecule has 2 rings (SSSR count). The van der Waals surface area contributed by atoms with Gasteiger partial charge < -0.3 is 15.2 Å². The van der Waals surface area contributed by atoms with Crippen molar-refractivity contribution in [1.29, 1.82) is 0 Å². The van der Waals surface area contributed by atoms with Crippen molar-refractivity contribution in [3.63, 3.8) is 0 Å². The summed E-state index contributed by atoms with van der Waals surface area (Å²) in [5, 5.41) is 12.7. The first kappa shape index (κ1) is 13.4. The topological polar surface area (TPSA) is 41.5 Å². The zero-order valence-corrected chi connectivity index (χ0v) is 11.2. The Morgan fingerprint density at radius 1 is 1.33 bits per heavy atom. The fourth-order valence-corrected chi connectivity index (χ4v) is 2.54. The lowest BCUT2D eigenvalue weighted by Gasteiger charge is -2.38. The number of aliphatic hydroxyl groups excluding tert-OH is 1. The average molecular weight is 249 g/mol. The molecular formula is C15H23NO2. The molecule has 2 N–H and O–H groups in total. The van der Waals surface area contributed by atoms with Gasteiger partial charge in [0.2, 0.25) is 0 Å². The molecule has 0 aliphatic heterocycles. The Balaban J connectivity index is 1.81. The third-order valence-corrected chi connectivity index (χ3v) is 3.91. The van der Waals surface area contributed by atoms with Crippen molar-refractivity contribution in [1.82, 2.24) is 5.32 Å². The Morgan fingerprint density at radius 3 is 2.50 bits per heavy atom. The molecule has 1 aliphatic carbocycles. The van der Waals surface area contributed by atoms with Gasteiger partial charge in [-0.2, -0.15) is 0 Å². The molecule has 0 bridgehead atoms. The molecule has 1 aliphatic rings. The second-order valence-electron chi connectivity index (χ2n) is 5.09. The SMILES string of the molecule is CC[C@H](CO)NC1CC(c2ccc(OC)cc2)C1. The molecule has 3 heteroatoms. The summed E-state index contributed by atoms with van der Waals surface area (Å²) in [5.74, 6) is 1.57. The number of ether oxygens (including phenoxy) is 1. The van der Waals surface area contributed by atoms with Gasteiger partial charge in [0.15, 0.2) is 0 Å². The van der Waals surface area contributed by atoms with Crippen molar-refractivity contribution < 1.29 is 9.84 Å². The number of nitrogens with one attached hydrogen (secondary N) is 1. The van der Waals surface area contributed by atoms with Gasteiger partial charge in [0, 0.05) is 12.1 Å². The number of aliphatic hydroxyl groups is 1. The molecule has 1 aromatic rings. The largest absolute Gasteiger partial charge is 0.497 e. The van der Waals surface area contributed by atoms with E-state index < -0.39 is 0 Å². The first-order valence-corrected chi connectivity index (χ1v) is 6.77. The van der Waals surface area contributed by atoms with Gasteiger partial charge in [0.1, 0.15) is 5.75 Å². The Kier molecular flexibility index (Phi) is 4.61. The molecular weight excluding hydrogens is 226 g/mol. The van der Waals surface area contributed by atoms with Crippen molar-refractivity contribution in [3.8, 4) is 5.75 Å². The second kappa shape index (κ2) is 6.21. The lowest BCUT2D eigenvalue weighted by molar-refractivity contribution is 0.193. The quantitative estimate of drug-likeness (QED) is 0.813. The van der Waals surface area contributed by atoms with Crippen molar-refractivity contribution in [2.24, 2.45) is 0 Å². The molecule has 1 saturated carbocycles. The highest BCUT2D eigenvalue weighted by atomic mass is 16.5. The van der Waals surface area contributed by atoms with Gasteiger partial charge in [-0.05, 0) is 42.9 Å². The molecule has 18 heavy (non-hydrogen) atoms. The van der Waals surface area contributed by atoms with Gasteiger partial charge >= 0.3 is 0 Å². The number of rotatable bonds is 6. The van der Waals surface area contributed by atoms with Crippen molar-refractivity contribution in [2.75, 3.05) is 13.7 Å². The van der Waals surface area contributed by atoms with Gasteiger partial charge in [0.05, 0.1) is 13.7 Å². The van der Waals surface area contributed by atoms with E-state index in [-0.39, 0.29) is 12.6 Å². The average Bonchev–Trinajstić information content (AvgIpc) is 2.38. The molecule has 1 atom stereocenters. The third-order valence-electron chi connectivity index (χ3n) is 3.91. The van der Waals surface area contributed by atoms with Crippen molar-refractivity contribution >= 4 is 0 Å². The van der Waals surface area contributed by atoms with Crippen LogP contribution in [-0.4, -0.2) is 30.9 Å². The summed E-state index contributed by atoms with van der Waals surface area (Å²) in [6.45, 7) is 2.34. The molecule has 1 fully saturated rings. The summed E-state index contributed by atoms with van der Waals surface area (Å²) in [6.07, 6.45) is 3.33. The second-order valence-corrected chi connectivity index (χ2v) is 5.09. The normalized spacial score (nSPS) is 24.4. The molecule has 0 radical (unpaired) electrons. The minimum absolute atomic E-state index is 0.236. The van der Waals surface area contributed by atoms with Gasteiger partial charge in [0.25, 0.3) is 0 Å². The van der Waals surface area contributed by atoms with Crippen LogP contribution in [0.15, 0.2) is 24.3 Å². The molecule has 0 saturated heterocycles. The summed E-state index contributed by atoms with van der Waals surface area (Å²) < 4.78 is 5.16. The predicted molar refractivity (Wildman–Crippen MR) is 73.1 cm³/mol. The molecule has 0 aromatic heterocycles. The summed E-state index contributed by atoms with van der Waals surface area (Å²) in [4.78, 5) is 0. The summed E-state index contributed by atoms with van der Waals surface area (Å²) in [6, 6.07) is 9.18. The Labute approximate surface area is 109 Å². The smallest absolute Gasteiger partial charge is 0.118 e. The van der Waals surface area contributed by atoms with Crippen LogP contribution >= 0.6 is 0 Å². The number of hydrogen-bond acceptors (Lipinski definition) is 3. The van der Waals surface area contributed by atoms with Crippen LogP contribution in [0.25, 0.3) is 0 Å². The van der Waals surface area contributed by atoms with Gasteiger partial charge in [-0.25, -0.2) is 0 Å². The van der Waals surface area contributed by atoms with E-state index in [1.165, 1.54) is 18.4 Å². The van der Waals surface area contributed by atoms with E-state index in [1.54, 1.807) is 7.11 Å². The lowest BCUT2D eigenvalue weighted by Crippen LogP contribution is -2.46. The number of benzene rings is 1. The molecule has 0 heterocycles. The Morgan fingerprint density at radius 2 is 2.00 bits per heavy atom. The number of hydrogen-bond donors (Lipinski definition) is 2. The van der Waals surface area contributed by atoms with Crippen LogP contribution in [0.4, 0.5) is 0 Å². The predicted octanol–water partition coefficient (Wildman–Crippen LogP) is 2.30. The minimum Gasteiger partial charge on any atom is -0.497 e. The maximum absolute atomic E-state index is 9.16. The molecule has 3 nitrogen and oxygen atoms in total. The monoisotopic (exact) mass is 249 g/mol. The third kappa shape index (κ3) is 3.03. The fraction of sp³-hybridized carbons (Fsp3) is 0.600.